The van der Waals surface area contributed by atoms with E-state index in [9.17, 15) is 71.3 Å². The molecule has 4 N–H and O–H groups in total. The summed E-state index contributed by atoms with van der Waals surface area (Å²) in [5, 5.41) is 15.3. The van der Waals surface area contributed by atoms with Crippen molar-refractivity contribution in [3.05, 3.63) is 235 Å². The van der Waals surface area contributed by atoms with Gasteiger partial charge >= 0.3 is 11.6 Å². The van der Waals surface area contributed by atoms with Gasteiger partial charge in [0.1, 0.15) is 34.3 Å². The maximum absolute atomic E-state index is 14.2. The molecule has 0 bridgehead atoms. The zero-order valence-electron chi connectivity index (χ0n) is 82.2. The van der Waals surface area contributed by atoms with Crippen molar-refractivity contribution in [3.63, 3.8) is 0 Å². The summed E-state index contributed by atoms with van der Waals surface area (Å²) in [6.07, 6.45) is 12.8. The van der Waals surface area contributed by atoms with E-state index in [2.05, 4.69) is 115 Å². The number of carbonyl (C=O) groups excluding carboxylic acids is 3. The molecule has 4 saturated heterocycles. The van der Waals surface area contributed by atoms with Gasteiger partial charge in [0.25, 0.3) is 47.4 Å². The number of pyridine rings is 2. The number of nitrogens with zero attached hydrogens (tertiary/aromatic N) is 11. The zero-order chi connectivity index (χ0) is 103. The van der Waals surface area contributed by atoms with Crippen LogP contribution >= 0.6 is 23.2 Å². The molecule has 772 valence electrons. The number of fused-ring (bicyclic) bond motifs is 2. The summed E-state index contributed by atoms with van der Waals surface area (Å²) in [6.45, 7) is 29.4. The van der Waals surface area contributed by atoms with Crippen molar-refractivity contribution in [2.24, 2.45) is 31.4 Å². The summed E-state index contributed by atoms with van der Waals surface area (Å²) >= 11 is 12.5. The Hall–Kier alpha value is -10.9. The van der Waals surface area contributed by atoms with Gasteiger partial charge in [-0.05, 0) is 240 Å². The summed E-state index contributed by atoms with van der Waals surface area (Å²) in [5.41, 5.74) is 4.90. The van der Waals surface area contributed by atoms with E-state index < -0.39 is 92.4 Å². The first kappa shape index (κ1) is 107. The molecule has 4 aliphatic heterocycles. The molecule has 0 spiro atoms. The van der Waals surface area contributed by atoms with Crippen LogP contribution in [0.3, 0.4) is 0 Å². The minimum Gasteiger partial charge on any atom is -0.455 e. The van der Waals surface area contributed by atoms with Crippen molar-refractivity contribution in [2.45, 2.75) is 153 Å². The number of hydrogen-bond donors (Lipinski definition) is 4. The quantitative estimate of drug-likeness (QED) is 0.0225. The van der Waals surface area contributed by atoms with E-state index in [1.807, 2.05) is 48.9 Å². The van der Waals surface area contributed by atoms with Crippen LogP contribution in [-0.2, 0) is 66.9 Å². The lowest BCUT2D eigenvalue weighted by Crippen LogP contribution is -2.47. The highest BCUT2D eigenvalue weighted by Gasteiger charge is 2.49. The van der Waals surface area contributed by atoms with E-state index in [-0.39, 0.29) is 92.7 Å². The van der Waals surface area contributed by atoms with E-state index in [4.69, 9.17) is 37.4 Å². The van der Waals surface area contributed by atoms with Gasteiger partial charge in [-0.3, -0.25) is 29.5 Å². The zero-order valence-corrected chi connectivity index (χ0v) is 87.8. The first-order valence-electron chi connectivity index (χ1n) is 48.5. The van der Waals surface area contributed by atoms with Crippen LogP contribution in [0.5, 0.6) is 23.0 Å². The Labute approximate surface area is 850 Å². The standard InChI is InChI=1S/C52H63ClN8O9S2.C51H61ClF3N7O7S3/c1-35(2)69-51(63)57-71(66)26-24-58(25-27-71)19-16-36(3)28-38-8-12-44(31-47(38)61(64)65)72(67,68)56-50(62)45-13-11-42(30-48(45)70-43-29-39-15-18-54-49(39)55-33-43)60-22-20-59(21-23-60)34-40-14-17-52(4,5)32-46(40)37-6-9-41(53)10-7-37;1-5-58-70(64)26-24-60(25-27-70)19-16-35(2)28-37-8-12-43(31-47(37)71(65,66)51(53,54)55)72(67,68)59-49(63)44-13-11-41(30-46(44)69-42-29-38-15-18-56-48(38)57-33-42)62-22-20-61(21-23-62)34-39-14-17-50(3,4)32-45(39)36-6-9-40(52)10-7-36/h6-13,15,18,29-31,33,35-36H,14,16-17,19-28,32,34H2,1-5H3,(H,54,55)(H,56,62);6-13,15,18,29-31,33,35H,5,14,16-17,19-28,32,34H2,1-4H3,(H,56,57)(H,59,63)/t36-;35-/m00/s1. The lowest BCUT2D eigenvalue weighted by Gasteiger charge is -2.39. The SMILES string of the molecule is CC(C)OC(=O)N=S1(=O)CCN(CC[C@H](C)Cc2ccc(S(=O)(=O)NC(=O)c3ccc(N4CCN(CC5=C(c6ccc(Cl)cc6)CC(C)(C)CC5)CC4)cc3Oc3cnc4[nH]ccc4c3)cc2[N+](=O)[O-])CC1.CCN=S1(=O)CCN(CC[C@H](C)Cc2ccc(S(=O)(=O)NC(=O)c3ccc(N4CCN(CC5=C(c6ccc(Cl)cc6)CC(C)(C)CC5)CC4)cc3Oc3cnc4[nH]ccc4c3)cc2S(=O)(=O)C(F)(F)F)CC1. The summed E-state index contributed by atoms with van der Waals surface area (Å²) in [7, 11) is -20.6. The molecule has 3 amide bonds. The number of amides is 3. The predicted octanol–water partition coefficient (Wildman–Crippen LogP) is 19.3. The molecule has 16 rings (SSSR count). The van der Waals surface area contributed by atoms with E-state index in [1.165, 1.54) is 70.1 Å². The van der Waals surface area contributed by atoms with Crippen LogP contribution in [0.4, 0.5) is 35.0 Å². The second-order valence-corrected chi connectivity index (χ2v) is 51.3. The molecule has 2 atom stereocenters. The van der Waals surface area contributed by atoms with Crippen molar-refractivity contribution in [2.75, 3.05) is 144 Å². The van der Waals surface area contributed by atoms with E-state index in [0.717, 1.165) is 112 Å². The minimum atomic E-state index is -6.04. The predicted molar refractivity (Wildman–Crippen MR) is 557 cm³/mol. The number of carbonyl (C=O) groups is 3. The molecule has 144 heavy (non-hydrogen) atoms. The Bertz CT molecular complexity index is 7120. The van der Waals surface area contributed by atoms with Gasteiger partial charge in [0, 0.05) is 199 Å². The highest BCUT2D eigenvalue weighted by Crippen LogP contribution is 2.47. The van der Waals surface area contributed by atoms with Gasteiger partial charge in [-0.2, -0.15) is 13.2 Å². The van der Waals surface area contributed by atoms with Gasteiger partial charge < -0.3 is 43.8 Å². The number of nitro groups is 1. The first-order chi connectivity index (χ1) is 68.2. The maximum Gasteiger partial charge on any atom is 0.501 e. The van der Waals surface area contributed by atoms with Crippen LogP contribution in [0.2, 0.25) is 10.0 Å². The number of H-pyrrole nitrogens is 2. The largest absolute Gasteiger partial charge is 0.501 e. The Morgan fingerprint density at radius 2 is 0.972 bits per heavy atom. The second kappa shape index (κ2) is 45.2. The molecule has 41 heteroatoms. The third kappa shape index (κ3) is 27.3. The third-order valence-electron chi connectivity index (χ3n) is 27.5. The molecular weight excluding hydrogens is 1990 g/mol. The highest BCUT2D eigenvalue weighted by molar-refractivity contribution is 7.94. The summed E-state index contributed by atoms with van der Waals surface area (Å²) < 4.78 is 180. The molecule has 31 nitrogen and oxygen atoms in total. The fourth-order valence-electron chi connectivity index (χ4n) is 19.3. The molecule has 4 fully saturated rings. The van der Waals surface area contributed by atoms with Crippen molar-refractivity contribution in [1.29, 1.82) is 0 Å². The van der Waals surface area contributed by atoms with Crippen molar-refractivity contribution in [1.82, 2.24) is 49.0 Å². The maximum atomic E-state index is 14.2. The van der Waals surface area contributed by atoms with Gasteiger partial charge in [-0.25, -0.2) is 62.2 Å². The minimum absolute atomic E-state index is 0.0133. The number of piperazine rings is 2. The van der Waals surface area contributed by atoms with Crippen LogP contribution < -0.4 is 28.7 Å². The first-order valence-corrected chi connectivity index (χ1v) is 57.4. The number of ether oxygens (including phenoxy) is 3. The van der Waals surface area contributed by atoms with Crippen LogP contribution in [0.1, 0.15) is 157 Å². The van der Waals surface area contributed by atoms with Gasteiger partial charge in [0.2, 0.25) is 0 Å². The number of aromatic amines is 2. The molecule has 8 heterocycles. The molecular formula is C103H124Cl2F3N15O16S5. The Kier molecular flexibility index (Phi) is 33.7. The van der Waals surface area contributed by atoms with Crippen LogP contribution in [0.15, 0.2) is 205 Å². The van der Waals surface area contributed by atoms with E-state index >= 15 is 0 Å². The Morgan fingerprint density at radius 3 is 1.40 bits per heavy atom. The summed E-state index contributed by atoms with van der Waals surface area (Å²) in [4.78, 5) is 77.8. The number of rotatable bonds is 32. The highest BCUT2D eigenvalue weighted by atomic mass is 35.5. The summed E-state index contributed by atoms with van der Waals surface area (Å²) in [6, 6.07) is 39.2. The smallest absolute Gasteiger partial charge is 0.455 e. The molecule has 4 aromatic heterocycles. The average molecular weight is 2120 g/mol. The van der Waals surface area contributed by atoms with Crippen LogP contribution in [-0.4, -0.2) is 242 Å². The number of hydrogen-bond acceptors (Lipinski definition) is 25. The Balaban J connectivity index is 0.000000217. The lowest BCUT2D eigenvalue weighted by molar-refractivity contribution is -0.385. The number of aromatic nitrogens is 4. The second-order valence-electron chi connectivity index (χ2n) is 40.0. The van der Waals surface area contributed by atoms with Crippen molar-refractivity contribution in [3.8, 4) is 23.0 Å². The lowest BCUT2D eigenvalue weighted by atomic mass is 9.72. The fourth-order valence-corrected chi connectivity index (χ4v) is 26.4. The number of sulfonamides is 2. The number of anilines is 2. The number of nitro benzene ring substituents is 1. The van der Waals surface area contributed by atoms with Crippen LogP contribution in [0, 0.1) is 32.8 Å². The average Bonchev–Trinajstić information content (AvgIpc) is 0.845. The molecule has 6 aromatic carbocycles. The number of alkyl halides is 3. The number of benzene rings is 6. The third-order valence-corrected chi connectivity index (χ3v) is 36.7. The van der Waals surface area contributed by atoms with Gasteiger partial charge in [0.05, 0.1) is 59.0 Å². The van der Waals surface area contributed by atoms with E-state index in [0.29, 0.717) is 141 Å². The van der Waals surface area contributed by atoms with Crippen LogP contribution in [0.25, 0.3) is 33.2 Å². The molecule has 0 radical (unpaired) electrons. The number of allylic oxidation sites excluding steroid dienone is 2. The van der Waals surface area contributed by atoms with Gasteiger partial charge in [0.15, 0.2) is 0 Å². The normalized spacial score (nSPS) is 18.2. The fraction of sp³-hybridized carbons (Fsp3) is 0.447. The van der Waals surface area contributed by atoms with Crippen molar-refractivity contribution >= 4 is 141 Å². The Morgan fingerprint density at radius 1 is 0.549 bits per heavy atom. The summed E-state index contributed by atoms with van der Waals surface area (Å²) in [5.74, 6) is -0.515. The molecule has 2 aliphatic carbocycles. The number of sulfone groups is 1. The topological polar surface area (TPSA) is 384 Å². The monoisotopic (exact) mass is 2110 g/mol. The molecule has 6 aliphatic rings. The van der Waals surface area contributed by atoms with Gasteiger partial charge in [-0.15, -0.1) is 4.36 Å². The van der Waals surface area contributed by atoms with E-state index in [1.54, 1.807) is 75.6 Å². The number of halogens is 5. The van der Waals surface area contributed by atoms with Crippen molar-refractivity contribution < 1.29 is 80.4 Å². The number of nitrogens with one attached hydrogen (secondary N) is 4. The molecule has 0 unspecified atom stereocenters. The van der Waals surface area contributed by atoms with Gasteiger partial charge in [-0.1, -0.05) is 112 Å². The molecule has 10 aromatic rings. The molecule has 0 saturated carbocycles.